The maximum Gasteiger partial charge on any atom is 0.261 e. The van der Waals surface area contributed by atoms with Crippen molar-refractivity contribution in [3.63, 3.8) is 0 Å². The number of nitrogens with zero attached hydrogens (tertiary/aromatic N) is 1. The van der Waals surface area contributed by atoms with Crippen LogP contribution in [-0.4, -0.2) is 38.2 Å². The Hall–Kier alpha value is -2.40. The van der Waals surface area contributed by atoms with E-state index >= 15 is 0 Å². The Morgan fingerprint density at radius 2 is 2.00 bits per heavy atom. The lowest BCUT2D eigenvalue weighted by molar-refractivity contribution is -0.134. The zero-order valence-corrected chi connectivity index (χ0v) is 15.7. The van der Waals surface area contributed by atoms with Crippen LogP contribution in [0.3, 0.4) is 0 Å². The molecule has 0 saturated carbocycles. The second-order valence-corrected chi connectivity index (χ2v) is 6.54. The Bertz CT molecular complexity index is 780. The highest BCUT2D eigenvalue weighted by molar-refractivity contribution is 6.30. The second kappa shape index (κ2) is 8.32. The summed E-state index contributed by atoms with van der Waals surface area (Å²) in [6.45, 7) is 0.687. The third kappa shape index (κ3) is 4.05. The van der Waals surface area contributed by atoms with Crippen LogP contribution >= 0.6 is 11.6 Å². The second-order valence-electron chi connectivity index (χ2n) is 6.10. The summed E-state index contributed by atoms with van der Waals surface area (Å²) in [5.41, 5.74) is 0.988. The van der Waals surface area contributed by atoms with Crippen molar-refractivity contribution in [1.82, 2.24) is 4.90 Å². The van der Waals surface area contributed by atoms with E-state index < -0.39 is 0 Å². The molecule has 2 aromatic carbocycles. The van der Waals surface area contributed by atoms with Gasteiger partial charge in [0.05, 0.1) is 20.3 Å². The summed E-state index contributed by atoms with van der Waals surface area (Å²) < 4.78 is 16.4. The highest BCUT2D eigenvalue weighted by Gasteiger charge is 2.32. The van der Waals surface area contributed by atoms with Crippen LogP contribution in [0.25, 0.3) is 0 Å². The molecule has 0 bridgehead atoms. The molecule has 1 fully saturated rings. The smallest absolute Gasteiger partial charge is 0.261 e. The van der Waals surface area contributed by atoms with Crippen molar-refractivity contribution in [1.29, 1.82) is 0 Å². The minimum Gasteiger partial charge on any atom is -0.497 e. The molecule has 138 valence electrons. The van der Waals surface area contributed by atoms with Gasteiger partial charge in [-0.05, 0) is 43.2 Å². The van der Waals surface area contributed by atoms with Gasteiger partial charge in [-0.1, -0.05) is 17.7 Å². The van der Waals surface area contributed by atoms with Gasteiger partial charge >= 0.3 is 0 Å². The van der Waals surface area contributed by atoms with E-state index in [0.717, 1.165) is 29.9 Å². The van der Waals surface area contributed by atoms with Crippen molar-refractivity contribution in [3.05, 3.63) is 53.1 Å². The summed E-state index contributed by atoms with van der Waals surface area (Å²) in [6, 6.07) is 12.7. The molecular weight excluding hydrogens is 354 g/mol. The van der Waals surface area contributed by atoms with E-state index in [0.29, 0.717) is 17.3 Å². The van der Waals surface area contributed by atoms with Gasteiger partial charge in [0.25, 0.3) is 5.91 Å². The van der Waals surface area contributed by atoms with E-state index in [-0.39, 0.29) is 18.6 Å². The molecule has 1 aliphatic rings. The van der Waals surface area contributed by atoms with Gasteiger partial charge < -0.3 is 19.1 Å². The lowest BCUT2D eigenvalue weighted by Crippen LogP contribution is -2.34. The van der Waals surface area contributed by atoms with Gasteiger partial charge in [-0.25, -0.2) is 0 Å². The number of carbonyl (C=O) groups is 1. The quantitative estimate of drug-likeness (QED) is 0.762. The number of ether oxygens (including phenoxy) is 3. The Morgan fingerprint density at radius 3 is 2.73 bits per heavy atom. The fraction of sp³-hybridized carbons (Fsp3) is 0.350. The van der Waals surface area contributed by atoms with Crippen LogP contribution in [0.1, 0.15) is 24.4 Å². The normalized spacial score (nSPS) is 16.4. The standard InChI is InChI=1S/C20H22ClNO4/c1-24-15-8-9-17(19(12-15)25-2)18-7-4-10-22(18)20(23)13-26-16-6-3-5-14(21)11-16/h3,5-6,8-9,11-12,18H,4,7,10,13H2,1-2H3/t18-/m1/s1. The predicted molar refractivity (Wildman–Crippen MR) is 100 cm³/mol. The molecule has 5 nitrogen and oxygen atoms in total. The molecule has 1 heterocycles. The average molecular weight is 376 g/mol. The number of amides is 1. The van der Waals surface area contributed by atoms with Gasteiger partial charge in [-0.15, -0.1) is 0 Å². The van der Waals surface area contributed by atoms with Gasteiger partial charge in [-0.3, -0.25) is 4.79 Å². The fourth-order valence-electron chi connectivity index (χ4n) is 3.27. The number of rotatable bonds is 6. The van der Waals surface area contributed by atoms with Crippen LogP contribution in [0.5, 0.6) is 17.2 Å². The van der Waals surface area contributed by atoms with Crippen LogP contribution in [0.4, 0.5) is 0 Å². The summed E-state index contributed by atoms with van der Waals surface area (Å²) in [6.07, 6.45) is 1.84. The first-order valence-corrected chi connectivity index (χ1v) is 8.90. The Balaban J connectivity index is 1.72. The number of halogens is 1. The molecule has 3 rings (SSSR count). The number of hydrogen-bond acceptors (Lipinski definition) is 4. The maximum atomic E-state index is 12.7. The first kappa shape index (κ1) is 18.4. The summed E-state index contributed by atoms with van der Waals surface area (Å²) in [4.78, 5) is 14.6. The van der Waals surface area contributed by atoms with Crippen molar-refractivity contribution in [2.24, 2.45) is 0 Å². The van der Waals surface area contributed by atoms with Gasteiger partial charge in [0.2, 0.25) is 0 Å². The third-order valence-corrected chi connectivity index (χ3v) is 4.77. The highest BCUT2D eigenvalue weighted by Crippen LogP contribution is 2.38. The number of likely N-dealkylation sites (tertiary alicyclic amines) is 1. The molecule has 6 heteroatoms. The molecule has 0 N–H and O–H groups in total. The first-order chi connectivity index (χ1) is 12.6. The molecule has 0 aromatic heterocycles. The lowest BCUT2D eigenvalue weighted by atomic mass is 10.0. The van der Waals surface area contributed by atoms with Crippen molar-refractivity contribution in [3.8, 4) is 17.2 Å². The van der Waals surface area contributed by atoms with E-state index in [9.17, 15) is 4.79 Å². The van der Waals surface area contributed by atoms with Gasteiger partial charge in [0.1, 0.15) is 17.2 Å². The molecule has 1 atom stereocenters. The first-order valence-electron chi connectivity index (χ1n) is 8.52. The Kier molecular flexibility index (Phi) is 5.89. The fourth-order valence-corrected chi connectivity index (χ4v) is 3.45. The summed E-state index contributed by atoms with van der Waals surface area (Å²) in [5, 5.41) is 0.581. The number of methoxy groups -OCH3 is 2. The van der Waals surface area contributed by atoms with Crippen LogP contribution < -0.4 is 14.2 Å². The maximum absolute atomic E-state index is 12.7. The largest absolute Gasteiger partial charge is 0.497 e. The molecule has 1 amide bonds. The Morgan fingerprint density at radius 1 is 1.15 bits per heavy atom. The number of benzene rings is 2. The van der Waals surface area contributed by atoms with Crippen LogP contribution in [-0.2, 0) is 4.79 Å². The molecule has 1 saturated heterocycles. The summed E-state index contributed by atoms with van der Waals surface area (Å²) in [5.74, 6) is 1.99. The highest BCUT2D eigenvalue weighted by atomic mass is 35.5. The molecule has 0 spiro atoms. The molecule has 2 aromatic rings. The van der Waals surface area contributed by atoms with Crippen LogP contribution in [0.2, 0.25) is 5.02 Å². The van der Waals surface area contributed by atoms with Crippen molar-refractivity contribution in [2.45, 2.75) is 18.9 Å². The van der Waals surface area contributed by atoms with Gasteiger partial charge in [0.15, 0.2) is 6.61 Å². The summed E-state index contributed by atoms with van der Waals surface area (Å²) in [7, 11) is 3.24. The molecule has 1 aliphatic heterocycles. The average Bonchev–Trinajstić information content (AvgIpc) is 3.15. The SMILES string of the molecule is COc1ccc([C@H]2CCCN2C(=O)COc2cccc(Cl)c2)c(OC)c1. The van der Waals surface area contributed by atoms with E-state index in [1.54, 1.807) is 38.5 Å². The number of carbonyl (C=O) groups excluding carboxylic acids is 1. The monoisotopic (exact) mass is 375 g/mol. The molecule has 26 heavy (non-hydrogen) atoms. The topological polar surface area (TPSA) is 48.0 Å². The van der Waals surface area contributed by atoms with Crippen molar-refractivity contribution < 1.29 is 19.0 Å². The van der Waals surface area contributed by atoms with E-state index in [4.69, 9.17) is 25.8 Å². The zero-order valence-electron chi connectivity index (χ0n) is 14.9. The summed E-state index contributed by atoms with van der Waals surface area (Å²) >= 11 is 5.95. The van der Waals surface area contributed by atoms with E-state index in [1.165, 1.54) is 0 Å². The minimum atomic E-state index is -0.0506. The molecule has 0 aliphatic carbocycles. The Labute approximate surface area is 158 Å². The molecule has 0 radical (unpaired) electrons. The predicted octanol–water partition coefficient (Wildman–Crippen LogP) is 4.10. The van der Waals surface area contributed by atoms with Crippen molar-refractivity contribution >= 4 is 17.5 Å². The van der Waals surface area contributed by atoms with E-state index in [2.05, 4.69) is 0 Å². The van der Waals surface area contributed by atoms with Crippen LogP contribution in [0, 0.1) is 0 Å². The van der Waals surface area contributed by atoms with Crippen LogP contribution in [0.15, 0.2) is 42.5 Å². The van der Waals surface area contributed by atoms with Crippen molar-refractivity contribution in [2.75, 3.05) is 27.4 Å². The third-order valence-electron chi connectivity index (χ3n) is 4.53. The number of hydrogen-bond donors (Lipinski definition) is 0. The van der Waals surface area contributed by atoms with E-state index in [1.807, 2.05) is 23.1 Å². The van der Waals surface area contributed by atoms with Gasteiger partial charge in [0, 0.05) is 23.2 Å². The lowest BCUT2D eigenvalue weighted by Gasteiger charge is -2.26. The van der Waals surface area contributed by atoms with Gasteiger partial charge in [-0.2, -0.15) is 0 Å². The zero-order chi connectivity index (χ0) is 18.5. The molecule has 0 unspecified atom stereocenters. The molecular formula is C20H22ClNO4. The minimum absolute atomic E-state index is 0.0185.